The summed E-state index contributed by atoms with van der Waals surface area (Å²) < 4.78 is 0. The van der Waals surface area contributed by atoms with E-state index in [1.807, 2.05) is 61.5 Å². The van der Waals surface area contributed by atoms with E-state index in [-0.39, 0.29) is 11.9 Å². The van der Waals surface area contributed by atoms with Crippen LogP contribution in [0.2, 0.25) is 0 Å². The van der Waals surface area contributed by atoms with Crippen molar-refractivity contribution in [3.05, 3.63) is 95.3 Å². The van der Waals surface area contributed by atoms with Crippen LogP contribution in [0.4, 0.5) is 0 Å². The summed E-state index contributed by atoms with van der Waals surface area (Å²) in [6.45, 7) is 2.01. The zero-order valence-electron chi connectivity index (χ0n) is 16.6. The van der Waals surface area contributed by atoms with Gasteiger partial charge in [0.1, 0.15) is 0 Å². The molecule has 0 saturated heterocycles. The van der Waals surface area contributed by atoms with Crippen LogP contribution in [0.15, 0.2) is 78.1 Å². The van der Waals surface area contributed by atoms with E-state index in [4.69, 9.17) is 4.84 Å². The summed E-state index contributed by atoms with van der Waals surface area (Å²) in [5, 5.41) is 16.4. The van der Waals surface area contributed by atoms with Gasteiger partial charge >= 0.3 is 0 Å². The smallest absolute Gasteiger partial charge is 0.194 e. The third-order valence-corrected chi connectivity index (χ3v) is 5.50. The minimum atomic E-state index is -0.331. The maximum Gasteiger partial charge on any atom is 0.194 e. The van der Waals surface area contributed by atoms with Crippen LogP contribution in [0.3, 0.4) is 0 Å². The number of pyridine rings is 1. The number of aromatic nitrogens is 1. The highest BCUT2D eigenvalue weighted by Gasteiger charge is 2.22. The molecule has 0 amide bonds. The van der Waals surface area contributed by atoms with Crippen LogP contribution in [0, 0.1) is 5.92 Å². The zero-order valence-corrected chi connectivity index (χ0v) is 16.6. The van der Waals surface area contributed by atoms with Gasteiger partial charge in [-0.3, -0.25) is 10.1 Å². The van der Waals surface area contributed by atoms with Crippen molar-refractivity contribution >= 4 is 5.71 Å². The van der Waals surface area contributed by atoms with Crippen molar-refractivity contribution in [3.8, 4) is 5.75 Å². The lowest BCUT2D eigenvalue weighted by atomic mass is 9.81. The second kappa shape index (κ2) is 8.91. The second-order valence-electron chi connectivity index (χ2n) is 7.68. The minimum Gasteiger partial charge on any atom is -0.381 e. The lowest BCUT2D eigenvalue weighted by molar-refractivity contribution is 0.0834. The zero-order chi connectivity index (χ0) is 20.1. The van der Waals surface area contributed by atoms with Gasteiger partial charge < -0.3 is 4.84 Å². The molecule has 0 saturated carbocycles. The first kappa shape index (κ1) is 19.2. The van der Waals surface area contributed by atoms with E-state index < -0.39 is 0 Å². The Balaban J connectivity index is 1.45. The molecular formula is C25H25N2O2. The molecule has 0 N–H and O–H groups in total. The van der Waals surface area contributed by atoms with Crippen LogP contribution in [0.5, 0.6) is 5.75 Å². The molecule has 1 radical (unpaired) electrons. The van der Waals surface area contributed by atoms with Crippen LogP contribution in [0.1, 0.15) is 48.3 Å². The Morgan fingerprint density at radius 1 is 1.10 bits per heavy atom. The molecule has 2 atom stereocenters. The van der Waals surface area contributed by atoms with Crippen molar-refractivity contribution in [2.24, 2.45) is 11.1 Å². The van der Waals surface area contributed by atoms with Gasteiger partial charge in [-0.15, -0.1) is 0 Å². The molecule has 4 rings (SSSR count). The van der Waals surface area contributed by atoms with Gasteiger partial charge in [0, 0.05) is 17.3 Å². The van der Waals surface area contributed by atoms with Crippen molar-refractivity contribution in [2.45, 2.75) is 38.7 Å². The number of oxime groups is 1. The Bertz CT molecular complexity index is 931. The van der Waals surface area contributed by atoms with E-state index in [0.29, 0.717) is 5.92 Å². The molecule has 0 bridgehead atoms. The fraction of sp³-hybridized carbons (Fsp3) is 0.280. The molecular weight excluding hydrogens is 360 g/mol. The molecule has 0 aliphatic heterocycles. The third kappa shape index (κ3) is 4.65. The molecule has 3 aromatic rings. The van der Waals surface area contributed by atoms with Crippen LogP contribution in [-0.4, -0.2) is 10.7 Å². The van der Waals surface area contributed by atoms with Crippen molar-refractivity contribution in [1.29, 1.82) is 0 Å². The molecule has 1 heterocycles. The molecule has 1 aliphatic carbocycles. The number of hydrogen-bond donors (Lipinski definition) is 0. The number of fused-ring (bicyclic) bond motifs is 1. The molecule has 2 aromatic carbocycles. The second-order valence-corrected chi connectivity index (χ2v) is 7.68. The highest BCUT2D eigenvalue weighted by atomic mass is 16.6. The summed E-state index contributed by atoms with van der Waals surface area (Å²) >= 11 is 0. The molecule has 1 aliphatic rings. The van der Waals surface area contributed by atoms with Gasteiger partial charge in [-0.2, -0.15) is 0 Å². The van der Waals surface area contributed by atoms with Gasteiger partial charge in [0.2, 0.25) is 0 Å². The maximum atomic E-state index is 12.0. The molecule has 29 heavy (non-hydrogen) atoms. The van der Waals surface area contributed by atoms with Gasteiger partial charge in [-0.25, -0.2) is 0 Å². The number of benzene rings is 2. The molecule has 147 valence electrons. The minimum absolute atomic E-state index is 0.177. The summed E-state index contributed by atoms with van der Waals surface area (Å²) in [5.74, 6) is 0.664. The van der Waals surface area contributed by atoms with Crippen molar-refractivity contribution < 1.29 is 9.94 Å². The fourth-order valence-corrected chi connectivity index (χ4v) is 4.06. The Morgan fingerprint density at radius 2 is 1.93 bits per heavy atom. The van der Waals surface area contributed by atoms with Crippen LogP contribution >= 0.6 is 0 Å². The van der Waals surface area contributed by atoms with Gasteiger partial charge in [0.05, 0.1) is 11.4 Å². The molecule has 2 unspecified atom stereocenters. The maximum absolute atomic E-state index is 12.0. The number of rotatable bonds is 6. The van der Waals surface area contributed by atoms with Gasteiger partial charge in [0.15, 0.2) is 11.9 Å². The fourth-order valence-electron chi connectivity index (χ4n) is 4.06. The Hall–Kier alpha value is -3.14. The summed E-state index contributed by atoms with van der Waals surface area (Å²) in [7, 11) is 0. The number of hydrogen-bond acceptors (Lipinski definition) is 3. The summed E-state index contributed by atoms with van der Waals surface area (Å²) in [5.41, 5.74) is 5.02. The lowest BCUT2D eigenvalue weighted by Gasteiger charge is -2.24. The molecule has 0 fully saturated rings. The predicted molar refractivity (Wildman–Crippen MR) is 113 cm³/mol. The van der Waals surface area contributed by atoms with Crippen molar-refractivity contribution in [3.63, 3.8) is 0 Å². The van der Waals surface area contributed by atoms with Crippen LogP contribution < -0.4 is 0 Å². The Labute approximate surface area is 171 Å². The van der Waals surface area contributed by atoms with E-state index in [0.717, 1.165) is 48.2 Å². The van der Waals surface area contributed by atoms with Gasteiger partial charge in [-0.1, -0.05) is 53.7 Å². The molecule has 4 nitrogen and oxygen atoms in total. The van der Waals surface area contributed by atoms with E-state index in [1.165, 1.54) is 5.56 Å². The van der Waals surface area contributed by atoms with Gasteiger partial charge in [0.25, 0.3) is 0 Å². The molecule has 0 spiro atoms. The largest absolute Gasteiger partial charge is 0.381 e. The average Bonchev–Trinajstić information content (AvgIpc) is 2.75. The van der Waals surface area contributed by atoms with Crippen molar-refractivity contribution in [1.82, 2.24) is 4.98 Å². The quantitative estimate of drug-likeness (QED) is 0.392. The van der Waals surface area contributed by atoms with Crippen LogP contribution in [-0.2, 0) is 22.8 Å². The topological polar surface area (TPSA) is 54.4 Å². The molecule has 1 aromatic heterocycles. The van der Waals surface area contributed by atoms with Crippen molar-refractivity contribution in [2.75, 3.05) is 0 Å². The average molecular weight is 385 g/mol. The standard InChI is InChI=1S/C25H25N2O2/c1-18(16-19-13-14-22-21(17-19)10-7-12-24(22)28)27-29-25(20-8-3-2-4-9-20)23-11-5-6-15-26-23/h2-12,15,19,25H,13-14,16-17H2,1H3. The Morgan fingerprint density at radius 3 is 2.72 bits per heavy atom. The lowest BCUT2D eigenvalue weighted by Crippen LogP contribution is -2.17. The molecule has 4 heteroatoms. The first-order valence-corrected chi connectivity index (χ1v) is 10.1. The third-order valence-electron chi connectivity index (χ3n) is 5.50. The van der Waals surface area contributed by atoms with E-state index >= 15 is 0 Å². The highest BCUT2D eigenvalue weighted by Crippen LogP contribution is 2.33. The van der Waals surface area contributed by atoms with E-state index in [9.17, 15) is 5.11 Å². The number of nitrogens with zero attached hydrogens (tertiary/aromatic N) is 2. The summed E-state index contributed by atoms with van der Waals surface area (Å²) in [4.78, 5) is 10.4. The first-order chi connectivity index (χ1) is 14.2. The highest BCUT2D eigenvalue weighted by molar-refractivity contribution is 5.81. The Kier molecular flexibility index (Phi) is 5.89. The van der Waals surface area contributed by atoms with Crippen LogP contribution in [0.25, 0.3) is 0 Å². The predicted octanol–water partition coefficient (Wildman–Crippen LogP) is 5.90. The monoisotopic (exact) mass is 385 g/mol. The summed E-state index contributed by atoms with van der Waals surface area (Å²) in [6, 6.07) is 21.5. The summed E-state index contributed by atoms with van der Waals surface area (Å²) in [6.07, 6.45) is 5.11. The first-order valence-electron chi connectivity index (χ1n) is 10.1. The van der Waals surface area contributed by atoms with E-state index in [1.54, 1.807) is 12.3 Å². The SMILES string of the molecule is CC(CC1CCc2c([O])cccc2C1)=NOC(c1ccccc1)c1ccccn1. The van der Waals surface area contributed by atoms with Gasteiger partial charge in [-0.05, 0) is 62.3 Å². The normalized spacial score (nSPS) is 17.4. The van der Waals surface area contributed by atoms with E-state index in [2.05, 4.69) is 16.2 Å².